The van der Waals surface area contributed by atoms with Gasteiger partial charge in [0.05, 0.1) is 11.9 Å². The molecule has 0 saturated heterocycles. The molecular weight excluding hydrogens is 483 g/mol. The summed E-state index contributed by atoms with van der Waals surface area (Å²) in [4.78, 5) is 13.3. The monoisotopic (exact) mass is 504 g/mol. The third-order valence-corrected chi connectivity index (χ3v) is 6.39. The number of thioether (sulfide) groups is 1. The van der Waals surface area contributed by atoms with E-state index in [1.165, 1.54) is 5.56 Å². The van der Waals surface area contributed by atoms with Gasteiger partial charge in [-0.15, -0.1) is 11.8 Å². The van der Waals surface area contributed by atoms with Gasteiger partial charge in [-0.25, -0.2) is 8.42 Å². The van der Waals surface area contributed by atoms with E-state index in [1.54, 1.807) is 23.9 Å². The second-order valence-corrected chi connectivity index (χ2v) is 10.1. The van der Waals surface area contributed by atoms with Crippen LogP contribution in [0.4, 0.5) is 5.69 Å². The topological polar surface area (TPSA) is 66.5 Å². The molecule has 1 N–H and O–H groups in total. The number of sulfonamides is 1. The van der Waals surface area contributed by atoms with Gasteiger partial charge in [-0.2, -0.15) is 0 Å². The van der Waals surface area contributed by atoms with E-state index >= 15 is 0 Å². The van der Waals surface area contributed by atoms with Crippen molar-refractivity contribution in [3.63, 3.8) is 0 Å². The van der Waals surface area contributed by atoms with Crippen LogP contribution in [0.2, 0.25) is 0 Å². The van der Waals surface area contributed by atoms with Crippen molar-refractivity contribution < 1.29 is 13.2 Å². The Labute approximate surface area is 172 Å². The zero-order valence-corrected chi connectivity index (χ0v) is 18.4. The van der Waals surface area contributed by atoms with Gasteiger partial charge < -0.3 is 5.32 Å². The molecule has 0 fully saturated rings. The van der Waals surface area contributed by atoms with Crippen LogP contribution in [0.25, 0.3) is 0 Å². The van der Waals surface area contributed by atoms with E-state index in [4.69, 9.17) is 0 Å². The lowest BCUT2D eigenvalue weighted by Crippen LogP contribution is -2.41. The third-order valence-electron chi connectivity index (χ3n) is 3.52. The highest BCUT2D eigenvalue weighted by Gasteiger charge is 2.20. The van der Waals surface area contributed by atoms with E-state index in [2.05, 4.69) is 27.9 Å². The molecule has 140 valence electrons. The van der Waals surface area contributed by atoms with Crippen LogP contribution >= 0.6 is 34.4 Å². The van der Waals surface area contributed by atoms with Crippen molar-refractivity contribution in [3.05, 3.63) is 57.7 Å². The molecule has 0 spiro atoms. The maximum atomic E-state index is 12.2. The van der Waals surface area contributed by atoms with Crippen molar-refractivity contribution in [2.24, 2.45) is 0 Å². The van der Waals surface area contributed by atoms with Crippen molar-refractivity contribution >= 4 is 56.0 Å². The predicted octanol–water partition coefficient (Wildman–Crippen LogP) is 3.27. The van der Waals surface area contributed by atoms with Crippen LogP contribution in [-0.2, 0) is 14.8 Å². The van der Waals surface area contributed by atoms with Gasteiger partial charge >= 0.3 is 0 Å². The van der Waals surface area contributed by atoms with Crippen LogP contribution in [0.5, 0.6) is 0 Å². The molecule has 0 heterocycles. The van der Waals surface area contributed by atoms with E-state index in [0.717, 1.165) is 24.8 Å². The standard InChI is InChI=1S/C18H21IN2O3S2/c1-14-3-9-17(10-4-14)25-12-11-20-18(22)13-21(26(2,23)24)16-7-5-15(19)6-8-16/h3-10H,11-13H2,1-2H3,(H,20,22). The maximum absolute atomic E-state index is 12.2. The van der Waals surface area contributed by atoms with Gasteiger partial charge in [0.15, 0.2) is 0 Å². The summed E-state index contributed by atoms with van der Waals surface area (Å²) >= 11 is 3.79. The quantitative estimate of drug-likeness (QED) is 0.341. The van der Waals surface area contributed by atoms with Crippen LogP contribution in [0.15, 0.2) is 53.4 Å². The molecule has 1 amide bonds. The van der Waals surface area contributed by atoms with Crippen LogP contribution in [0.1, 0.15) is 5.56 Å². The number of hydrogen-bond acceptors (Lipinski definition) is 4. The summed E-state index contributed by atoms with van der Waals surface area (Å²) in [6, 6.07) is 15.2. The SMILES string of the molecule is Cc1ccc(SCCNC(=O)CN(c2ccc(I)cc2)S(C)(=O)=O)cc1. The van der Waals surface area contributed by atoms with Gasteiger partial charge in [0.1, 0.15) is 6.54 Å². The number of nitrogens with zero attached hydrogens (tertiary/aromatic N) is 1. The van der Waals surface area contributed by atoms with E-state index in [-0.39, 0.29) is 12.5 Å². The van der Waals surface area contributed by atoms with Crippen molar-refractivity contribution in [1.29, 1.82) is 0 Å². The molecule has 2 rings (SSSR count). The molecule has 0 bridgehead atoms. The first-order valence-corrected chi connectivity index (χ1v) is 11.9. The number of anilines is 1. The number of aryl methyl sites for hydroxylation is 1. The number of nitrogens with one attached hydrogen (secondary N) is 1. The second kappa shape index (κ2) is 9.61. The van der Waals surface area contributed by atoms with Crippen molar-refractivity contribution in [2.75, 3.05) is 29.4 Å². The van der Waals surface area contributed by atoms with Gasteiger partial charge in [-0.1, -0.05) is 17.7 Å². The number of benzene rings is 2. The summed E-state index contributed by atoms with van der Waals surface area (Å²) in [5, 5.41) is 2.78. The van der Waals surface area contributed by atoms with Crippen molar-refractivity contribution in [2.45, 2.75) is 11.8 Å². The Kier molecular flexibility index (Phi) is 7.78. The van der Waals surface area contributed by atoms with Crippen LogP contribution in [0.3, 0.4) is 0 Å². The predicted molar refractivity (Wildman–Crippen MR) is 116 cm³/mol. The summed E-state index contributed by atoms with van der Waals surface area (Å²) < 4.78 is 26.2. The van der Waals surface area contributed by atoms with E-state index in [9.17, 15) is 13.2 Å². The number of hydrogen-bond donors (Lipinski definition) is 1. The zero-order chi connectivity index (χ0) is 19.2. The van der Waals surface area contributed by atoms with Crippen LogP contribution in [0, 0.1) is 10.5 Å². The molecule has 8 heteroatoms. The van der Waals surface area contributed by atoms with Gasteiger partial charge in [0, 0.05) is 20.8 Å². The zero-order valence-electron chi connectivity index (χ0n) is 14.6. The summed E-state index contributed by atoms with van der Waals surface area (Å²) in [6.07, 6.45) is 1.10. The largest absolute Gasteiger partial charge is 0.354 e. The number of rotatable bonds is 8. The smallest absolute Gasteiger partial charge is 0.240 e. The van der Waals surface area contributed by atoms with E-state index in [1.807, 2.05) is 43.3 Å². The fourth-order valence-electron chi connectivity index (χ4n) is 2.19. The summed E-state index contributed by atoms with van der Waals surface area (Å²) in [5.74, 6) is 0.399. The van der Waals surface area contributed by atoms with Crippen molar-refractivity contribution in [1.82, 2.24) is 5.32 Å². The molecule has 26 heavy (non-hydrogen) atoms. The fourth-order valence-corrected chi connectivity index (χ4v) is 4.17. The first-order chi connectivity index (χ1) is 12.3. The van der Waals surface area contributed by atoms with Gasteiger partial charge in [0.25, 0.3) is 0 Å². The minimum Gasteiger partial charge on any atom is -0.354 e. The lowest BCUT2D eigenvalue weighted by molar-refractivity contribution is -0.119. The molecule has 0 aliphatic rings. The Morgan fingerprint density at radius 2 is 1.73 bits per heavy atom. The molecule has 0 atom stereocenters. The Morgan fingerprint density at radius 3 is 2.31 bits per heavy atom. The Bertz CT molecular complexity index is 838. The lowest BCUT2D eigenvalue weighted by Gasteiger charge is -2.22. The van der Waals surface area contributed by atoms with Gasteiger partial charge in [-0.05, 0) is 65.9 Å². The van der Waals surface area contributed by atoms with Gasteiger partial charge in [-0.3, -0.25) is 9.10 Å². The highest BCUT2D eigenvalue weighted by molar-refractivity contribution is 14.1. The molecule has 0 saturated carbocycles. The summed E-state index contributed by atoms with van der Waals surface area (Å²) in [6.45, 7) is 2.28. The maximum Gasteiger partial charge on any atom is 0.240 e. The number of halogens is 1. The van der Waals surface area contributed by atoms with Crippen LogP contribution in [-0.4, -0.2) is 39.4 Å². The molecular formula is C18H21IN2O3S2. The minimum absolute atomic E-state index is 0.228. The Hall–Kier alpha value is -1.26. The molecule has 0 aliphatic carbocycles. The average molecular weight is 504 g/mol. The average Bonchev–Trinajstić information content (AvgIpc) is 2.58. The molecule has 2 aromatic carbocycles. The third kappa shape index (κ3) is 6.81. The molecule has 0 radical (unpaired) electrons. The number of carbonyl (C=O) groups excluding carboxylic acids is 1. The van der Waals surface area contributed by atoms with Gasteiger partial charge in [0.2, 0.25) is 15.9 Å². The first kappa shape index (κ1) is 21.0. The fraction of sp³-hybridized carbons (Fsp3) is 0.278. The highest BCUT2D eigenvalue weighted by Crippen LogP contribution is 2.19. The van der Waals surface area contributed by atoms with E-state index < -0.39 is 10.0 Å². The van der Waals surface area contributed by atoms with Crippen molar-refractivity contribution in [3.8, 4) is 0 Å². The second-order valence-electron chi connectivity index (χ2n) is 5.76. The number of amides is 1. The lowest BCUT2D eigenvalue weighted by atomic mass is 10.2. The molecule has 2 aromatic rings. The first-order valence-electron chi connectivity index (χ1n) is 7.95. The summed E-state index contributed by atoms with van der Waals surface area (Å²) in [5.41, 5.74) is 1.69. The Balaban J connectivity index is 1.87. The minimum atomic E-state index is -3.54. The molecule has 5 nitrogen and oxygen atoms in total. The summed E-state index contributed by atoms with van der Waals surface area (Å²) in [7, 11) is -3.54. The highest BCUT2D eigenvalue weighted by atomic mass is 127. The number of carbonyl (C=O) groups is 1. The van der Waals surface area contributed by atoms with E-state index in [0.29, 0.717) is 12.2 Å². The molecule has 0 aromatic heterocycles. The Morgan fingerprint density at radius 1 is 1.12 bits per heavy atom. The molecule has 0 unspecified atom stereocenters. The van der Waals surface area contributed by atoms with Crippen LogP contribution < -0.4 is 9.62 Å². The molecule has 0 aliphatic heterocycles. The normalized spacial score (nSPS) is 11.2.